The monoisotopic (exact) mass is 343 g/mol. The predicted molar refractivity (Wildman–Crippen MR) is 94.5 cm³/mol. The van der Waals surface area contributed by atoms with E-state index in [1.165, 1.54) is 17.0 Å². The van der Waals surface area contributed by atoms with E-state index >= 15 is 0 Å². The topological polar surface area (TPSA) is 61.4 Å². The van der Waals surface area contributed by atoms with Gasteiger partial charge in [0, 0.05) is 14.1 Å². The minimum Gasteiger partial charge on any atom is -0.347 e. The van der Waals surface area contributed by atoms with E-state index in [0.29, 0.717) is 5.56 Å². The Kier molecular flexibility index (Phi) is 6.11. The largest absolute Gasteiger partial charge is 0.347 e. The molecule has 0 unspecified atom stereocenters. The fourth-order valence-electron chi connectivity index (χ4n) is 2.51. The number of urea groups is 1. The molecule has 5 nitrogen and oxygen atoms in total. The van der Waals surface area contributed by atoms with Gasteiger partial charge in [0.1, 0.15) is 11.9 Å². The first-order chi connectivity index (χ1) is 11.9. The van der Waals surface area contributed by atoms with Gasteiger partial charge in [0.15, 0.2) is 0 Å². The van der Waals surface area contributed by atoms with Crippen molar-refractivity contribution in [3.63, 3.8) is 0 Å². The molecule has 132 valence electrons. The second-order valence-corrected chi connectivity index (χ2v) is 5.97. The van der Waals surface area contributed by atoms with E-state index < -0.39 is 18.1 Å². The minimum absolute atomic E-state index is 0.211. The lowest BCUT2D eigenvalue weighted by molar-refractivity contribution is -0.130. The Morgan fingerprint density at radius 1 is 0.960 bits per heavy atom. The number of amides is 3. The van der Waals surface area contributed by atoms with Gasteiger partial charge in [0.05, 0.1) is 6.04 Å². The quantitative estimate of drug-likeness (QED) is 0.877. The van der Waals surface area contributed by atoms with Crippen molar-refractivity contribution in [1.29, 1.82) is 0 Å². The zero-order valence-electron chi connectivity index (χ0n) is 14.5. The summed E-state index contributed by atoms with van der Waals surface area (Å²) in [5.74, 6) is -0.589. The summed E-state index contributed by atoms with van der Waals surface area (Å²) in [7, 11) is 3.25. The lowest BCUT2D eigenvalue weighted by Gasteiger charge is -2.23. The molecule has 0 aromatic heterocycles. The number of carbonyl (C=O) groups is 2. The SMILES string of the molecule is C[C@H](NC(=O)N[C@H](c1ccccc1)c1cccc(F)c1)C(=O)N(C)C. The zero-order valence-corrected chi connectivity index (χ0v) is 14.5. The molecule has 0 aliphatic rings. The number of carbonyl (C=O) groups excluding carboxylic acids is 2. The van der Waals surface area contributed by atoms with Crippen molar-refractivity contribution in [1.82, 2.24) is 15.5 Å². The molecule has 2 aromatic carbocycles. The molecule has 25 heavy (non-hydrogen) atoms. The Hall–Kier alpha value is -2.89. The number of halogens is 1. The Balaban J connectivity index is 2.20. The van der Waals surface area contributed by atoms with E-state index in [1.54, 1.807) is 33.2 Å². The Morgan fingerprint density at radius 3 is 2.20 bits per heavy atom. The standard InChI is InChI=1S/C19H22FN3O2/c1-13(18(24)23(2)3)21-19(25)22-17(14-8-5-4-6-9-14)15-10-7-11-16(20)12-15/h4-13,17H,1-3H3,(H2,21,22,25)/t13-,17+/m0/s1. The van der Waals surface area contributed by atoms with E-state index in [2.05, 4.69) is 10.6 Å². The van der Waals surface area contributed by atoms with Gasteiger partial charge in [-0.25, -0.2) is 9.18 Å². The molecule has 0 heterocycles. The molecular formula is C19H22FN3O2. The molecule has 2 atom stereocenters. The van der Waals surface area contributed by atoms with Crippen LogP contribution in [0.1, 0.15) is 24.1 Å². The number of hydrogen-bond acceptors (Lipinski definition) is 2. The van der Waals surface area contributed by atoms with Crippen molar-refractivity contribution in [2.75, 3.05) is 14.1 Å². The average Bonchev–Trinajstić information content (AvgIpc) is 2.59. The van der Waals surface area contributed by atoms with Gasteiger partial charge in [-0.05, 0) is 30.2 Å². The summed E-state index contributed by atoms with van der Waals surface area (Å²) >= 11 is 0. The summed E-state index contributed by atoms with van der Waals surface area (Å²) in [5, 5.41) is 5.42. The molecule has 0 saturated heterocycles. The van der Waals surface area contributed by atoms with Crippen molar-refractivity contribution in [2.45, 2.75) is 19.0 Å². The van der Waals surface area contributed by atoms with Crippen LogP contribution in [0.5, 0.6) is 0 Å². The Morgan fingerprint density at radius 2 is 1.60 bits per heavy atom. The van der Waals surface area contributed by atoms with E-state index in [1.807, 2.05) is 30.3 Å². The third-order valence-electron chi connectivity index (χ3n) is 3.75. The van der Waals surface area contributed by atoms with Gasteiger partial charge in [-0.15, -0.1) is 0 Å². The second-order valence-electron chi connectivity index (χ2n) is 5.97. The molecule has 0 fully saturated rings. The summed E-state index contributed by atoms with van der Waals surface area (Å²) < 4.78 is 13.6. The first-order valence-corrected chi connectivity index (χ1v) is 7.97. The number of nitrogens with zero attached hydrogens (tertiary/aromatic N) is 1. The van der Waals surface area contributed by atoms with Crippen molar-refractivity contribution in [2.24, 2.45) is 0 Å². The number of hydrogen-bond donors (Lipinski definition) is 2. The lowest BCUT2D eigenvalue weighted by atomic mass is 9.99. The van der Waals surface area contributed by atoms with Crippen LogP contribution in [0.4, 0.5) is 9.18 Å². The highest BCUT2D eigenvalue weighted by Gasteiger charge is 2.21. The summed E-state index contributed by atoms with van der Waals surface area (Å²) in [4.78, 5) is 25.6. The normalized spacial score (nSPS) is 12.8. The molecule has 3 amide bonds. The molecule has 0 bridgehead atoms. The average molecular weight is 343 g/mol. The fourth-order valence-corrected chi connectivity index (χ4v) is 2.51. The van der Waals surface area contributed by atoms with Gasteiger partial charge < -0.3 is 15.5 Å². The highest BCUT2D eigenvalue weighted by Crippen LogP contribution is 2.22. The molecule has 2 rings (SSSR count). The third-order valence-corrected chi connectivity index (χ3v) is 3.75. The Labute approximate surface area is 146 Å². The van der Waals surface area contributed by atoms with Gasteiger partial charge in [-0.1, -0.05) is 42.5 Å². The smallest absolute Gasteiger partial charge is 0.316 e. The first-order valence-electron chi connectivity index (χ1n) is 7.97. The van der Waals surface area contributed by atoms with Crippen molar-refractivity contribution in [3.05, 3.63) is 71.5 Å². The van der Waals surface area contributed by atoms with Gasteiger partial charge in [0.25, 0.3) is 0 Å². The summed E-state index contributed by atoms with van der Waals surface area (Å²) in [6.07, 6.45) is 0. The van der Waals surface area contributed by atoms with Crippen LogP contribution in [0, 0.1) is 5.82 Å². The van der Waals surface area contributed by atoms with E-state index in [9.17, 15) is 14.0 Å². The highest BCUT2D eigenvalue weighted by molar-refractivity contribution is 5.86. The maximum absolute atomic E-state index is 13.6. The van der Waals surface area contributed by atoms with Gasteiger partial charge in [-0.2, -0.15) is 0 Å². The number of likely N-dealkylation sites (N-methyl/N-ethyl adjacent to an activating group) is 1. The number of nitrogens with one attached hydrogen (secondary N) is 2. The molecule has 0 saturated carbocycles. The molecular weight excluding hydrogens is 321 g/mol. The number of rotatable bonds is 5. The molecule has 0 aliphatic heterocycles. The minimum atomic E-state index is -0.668. The van der Waals surface area contributed by atoms with E-state index in [-0.39, 0.29) is 11.7 Å². The molecule has 0 radical (unpaired) electrons. The van der Waals surface area contributed by atoms with Crippen LogP contribution in [-0.4, -0.2) is 37.0 Å². The van der Waals surface area contributed by atoms with E-state index in [0.717, 1.165) is 5.56 Å². The summed E-state index contributed by atoms with van der Waals surface area (Å²) in [5.41, 5.74) is 1.43. The van der Waals surface area contributed by atoms with Crippen LogP contribution in [0.15, 0.2) is 54.6 Å². The van der Waals surface area contributed by atoms with Gasteiger partial charge >= 0.3 is 6.03 Å². The maximum atomic E-state index is 13.6. The summed E-state index contributed by atoms with van der Waals surface area (Å²) in [6.45, 7) is 1.61. The molecule has 2 N–H and O–H groups in total. The maximum Gasteiger partial charge on any atom is 0.316 e. The predicted octanol–water partition coefficient (Wildman–Crippen LogP) is 2.69. The van der Waals surface area contributed by atoms with Crippen molar-refractivity contribution in [3.8, 4) is 0 Å². The van der Waals surface area contributed by atoms with Gasteiger partial charge in [-0.3, -0.25) is 4.79 Å². The van der Waals surface area contributed by atoms with Crippen LogP contribution < -0.4 is 10.6 Å². The Bertz CT molecular complexity index is 734. The van der Waals surface area contributed by atoms with Crippen molar-refractivity contribution >= 4 is 11.9 Å². The lowest BCUT2D eigenvalue weighted by Crippen LogP contribution is -2.48. The highest BCUT2D eigenvalue weighted by atomic mass is 19.1. The van der Waals surface area contributed by atoms with Crippen LogP contribution >= 0.6 is 0 Å². The van der Waals surface area contributed by atoms with Crippen LogP contribution in [-0.2, 0) is 4.79 Å². The van der Waals surface area contributed by atoms with Crippen molar-refractivity contribution < 1.29 is 14.0 Å². The van der Waals surface area contributed by atoms with Crippen LogP contribution in [0.25, 0.3) is 0 Å². The van der Waals surface area contributed by atoms with E-state index in [4.69, 9.17) is 0 Å². The molecule has 0 spiro atoms. The van der Waals surface area contributed by atoms with Gasteiger partial charge in [0.2, 0.25) is 5.91 Å². The molecule has 0 aliphatic carbocycles. The third kappa shape index (κ3) is 5.04. The number of benzene rings is 2. The van der Waals surface area contributed by atoms with Crippen LogP contribution in [0.3, 0.4) is 0 Å². The fraction of sp³-hybridized carbons (Fsp3) is 0.263. The molecule has 2 aromatic rings. The second kappa shape index (κ2) is 8.28. The zero-order chi connectivity index (χ0) is 18.4. The first kappa shape index (κ1) is 18.4. The van der Waals surface area contributed by atoms with Crippen LogP contribution in [0.2, 0.25) is 0 Å². The molecule has 6 heteroatoms. The summed E-state index contributed by atoms with van der Waals surface area (Å²) in [6, 6.07) is 13.6.